The Bertz CT molecular complexity index is 1300. The van der Waals surface area contributed by atoms with Crippen molar-refractivity contribution in [3.8, 4) is 5.75 Å². The fraction of sp³-hybridized carbons (Fsp3) is 0.308. The molecule has 5 rings (SSSR count). The molecule has 1 atom stereocenters. The molecule has 1 fully saturated rings. The molecular formula is C26H27N5O3S. The Morgan fingerprint density at radius 1 is 1.11 bits per heavy atom. The van der Waals surface area contributed by atoms with Gasteiger partial charge in [-0.15, -0.1) is 16.4 Å². The van der Waals surface area contributed by atoms with Crippen LogP contribution in [0.25, 0.3) is 11.0 Å². The molecule has 1 saturated carbocycles. The minimum absolute atomic E-state index is 0.0505. The fourth-order valence-corrected chi connectivity index (χ4v) is 5.40. The quantitative estimate of drug-likeness (QED) is 0.398. The number of benzene rings is 2. The third-order valence-electron chi connectivity index (χ3n) is 6.35. The molecule has 2 heterocycles. The summed E-state index contributed by atoms with van der Waals surface area (Å²) < 4.78 is 6.89. The first-order valence-electron chi connectivity index (χ1n) is 11.7. The zero-order valence-corrected chi connectivity index (χ0v) is 20.3. The van der Waals surface area contributed by atoms with Crippen LogP contribution in [0.2, 0.25) is 0 Å². The maximum atomic E-state index is 13.9. The molecule has 2 aromatic carbocycles. The summed E-state index contributed by atoms with van der Waals surface area (Å²) >= 11 is 1.46. The van der Waals surface area contributed by atoms with Crippen LogP contribution in [-0.4, -0.2) is 40.0 Å². The van der Waals surface area contributed by atoms with Crippen LogP contribution < -0.4 is 15.0 Å². The van der Waals surface area contributed by atoms with E-state index >= 15 is 0 Å². The SMILES string of the molecule is COc1ccc(N(C(=O)Cn2nnc3ccccc32)[C@H](C(=O)NC2CCCC2)c2cccs2)cc1. The molecule has 8 nitrogen and oxygen atoms in total. The predicted octanol–water partition coefficient (Wildman–Crippen LogP) is 4.33. The first-order valence-corrected chi connectivity index (χ1v) is 12.6. The Hall–Kier alpha value is -3.72. The summed E-state index contributed by atoms with van der Waals surface area (Å²) in [4.78, 5) is 30.0. The molecule has 0 radical (unpaired) electrons. The van der Waals surface area contributed by atoms with Gasteiger partial charge in [0.1, 0.15) is 23.9 Å². The van der Waals surface area contributed by atoms with Crippen LogP contribution in [0.5, 0.6) is 5.75 Å². The van der Waals surface area contributed by atoms with E-state index in [1.165, 1.54) is 11.3 Å². The van der Waals surface area contributed by atoms with E-state index in [0.717, 1.165) is 36.1 Å². The van der Waals surface area contributed by atoms with Gasteiger partial charge in [-0.05, 0) is 60.7 Å². The molecule has 0 spiro atoms. The highest BCUT2D eigenvalue weighted by Gasteiger charge is 2.35. The van der Waals surface area contributed by atoms with Gasteiger partial charge in [-0.1, -0.05) is 36.3 Å². The van der Waals surface area contributed by atoms with Gasteiger partial charge in [0.05, 0.1) is 12.6 Å². The molecule has 0 unspecified atom stereocenters. The Morgan fingerprint density at radius 3 is 2.60 bits per heavy atom. The summed E-state index contributed by atoms with van der Waals surface area (Å²) in [6.07, 6.45) is 4.14. The molecule has 180 valence electrons. The number of thiophene rings is 1. The zero-order chi connectivity index (χ0) is 24.2. The number of aromatic nitrogens is 3. The molecule has 0 bridgehead atoms. The highest BCUT2D eigenvalue weighted by molar-refractivity contribution is 7.10. The Labute approximate surface area is 207 Å². The number of fused-ring (bicyclic) bond motifs is 1. The van der Waals surface area contributed by atoms with Gasteiger partial charge < -0.3 is 10.1 Å². The van der Waals surface area contributed by atoms with Crippen LogP contribution in [0.3, 0.4) is 0 Å². The van der Waals surface area contributed by atoms with E-state index in [1.54, 1.807) is 41.0 Å². The van der Waals surface area contributed by atoms with E-state index in [-0.39, 0.29) is 24.4 Å². The number of rotatable bonds is 8. The van der Waals surface area contributed by atoms with Crippen molar-refractivity contribution in [3.63, 3.8) is 0 Å². The van der Waals surface area contributed by atoms with E-state index < -0.39 is 6.04 Å². The number of nitrogens with one attached hydrogen (secondary N) is 1. The highest BCUT2D eigenvalue weighted by atomic mass is 32.1. The van der Waals surface area contributed by atoms with Crippen molar-refractivity contribution >= 4 is 39.9 Å². The van der Waals surface area contributed by atoms with Crippen LogP contribution in [0.15, 0.2) is 66.0 Å². The summed E-state index contributed by atoms with van der Waals surface area (Å²) in [6, 6.07) is 17.8. The Morgan fingerprint density at radius 2 is 1.89 bits per heavy atom. The lowest BCUT2D eigenvalue weighted by atomic mass is 10.1. The number of carbonyl (C=O) groups excluding carboxylic acids is 2. The normalized spacial score (nSPS) is 14.7. The number of amides is 2. The van der Waals surface area contributed by atoms with Crippen molar-refractivity contribution < 1.29 is 14.3 Å². The minimum atomic E-state index is -0.800. The summed E-state index contributed by atoms with van der Waals surface area (Å²) in [5, 5.41) is 13.5. The van der Waals surface area contributed by atoms with Gasteiger partial charge in [0.15, 0.2) is 0 Å². The lowest BCUT2D eigenvalue weighted by Gasteiger charge is -2.31. The zero-order valence-electron chi connectivity index (χ0n) is 19.5. The van der Waals surface area contributed by atoms with E-state index in [0.29, 0.717) is 17.0 Å². The summed E-state index contributed by atoms with van der Waals surface area (Å²) in [5.41, 5.74) is 2.09. The molecule has 1 aliphatic rings. The molecule has 0 aliphatic heterocycles. The smallest absolute Gasteiger partial charge is 0.249 e. The van der Waals surface area contributed by atoms with Gasteiger partial charge in [-0.25, -0.2) is 4.68 Å². The van der Waals surface area contributed by atoms with E-state index in [2.05, 4.69) is 15.6 Å². The molecule has 9 heteroatoms. The Kier molecular flexibility index (Phi) is 6.76. The number of ether oxygens (including phenoxy) is 1. The summed E-state index contributed by atoms with van der Waals surface area (Å²) in [7, 11) is 1.59. The van der Waals surface area contributed by atoms with Crippen LogP contribution in [-0.2, 0) is 16.1 Å². The summed E-state index contributed by atoms with van der Waals surface area (Å²) in [6.45, 7) is -0.0505. The van der Waals surface area contributed by atoms with Crippen LogP contribution in [0, 0.1) is 0 Å². The number of hydrogen-bond donors (Lipinski definition) is 1. The maximum Gasteiger partial charge on any atom is 0.249 e. The standard InChI is InChI=1S/C26H27N5O3S/c1-34-20-14-12-19(13-15-20)31(24(32)17-30-22-10-5-4-9-21(22)28-29-30)25(23-11-6-16-35-23)26(33)27-18-7-2-3-8-18/h4-6,9-16,18,25H,2-3,7-8,17H2,1H3,(H,27,33)/t25-/m0/s1. The highest BCUT2D eigenvalue weighted by Crippen LogP contribution is 2.33. The van der Waals surface area contributed by atoms with Gasteiger partial charge in [-0.3, -0.25) is 14.5 Å². The molecular weight excluding hydrogens is 462 g/mol. The topological polar surface area (TPSA) is 89.3 Å². The van der Waals surface area contributed by atoms with Crippen molar-refractivity contribution in [2.45, 2.75) is 44.3 Å². The van der Waals surface area contributed by atoms with Crippen LogP contribution in [0.1, 0.15) is 36.6 Å². The van der Waals surface area contributed by atoms with Crippen molar-refractivity contribution in [3.05, 3.63) is 70.9 Å². The van der Waals surface area contributed by atoms with Crippen molar-refractivity contribution in [1.29, 1.82) is 0 Å². The molecule has 2 amide bonds. The van der Waals surface area contributed by atoms with E-state index in [4.69, 9.17) is 4.74 Å². The second kappa shape index (κ2) is 10.3. The molecule has 35 heavy (non-hydrogen) atoms. The monoisotopic (exact) mass is 489 g/mol. The number of hydrogen-bond acceptors (Lipinski definition) is 6. The van der Waals surface area contributed by atoms with Crippen molar-refractivity contribution in [2.75, 3.05) is 12.0 Å². The molecule has 1 aliphatic carbocycles. The number of nitrogens with zero attached hydrogens (tertiary/aromatic N) is 4. The minimum Gasteiger partial charge on any atom is -0.497 e. The van der Waals surface area contributed by atoms with Crippen molar-refractivity contribution in [1.82, 2.24) is 20.3 Å². The number of carbonyl (C=O) groups is 2. The lowest BCUT2D eigenvalue weighted by molar-refractivity contribution is -0.127. The first kappa shape index (κ1) is 23.0. The van der Waals surface area contributed by atoms with Gasteiger partial charge in [0, 0.05) is 16.6 Å². The molecule has 1 N–H and O–H groups in total. The predicted molar refractivity (Wildman–Crippen MR) is 135 cm³/mol. The average Bonchev–Trinajstić information content (AvgIpc) is 3.66. The van der Waals surface area contributed by atoms with Crippen molar-refractivity contribution in [2.24, 2.45) is 0 Å². The molecule has 2 aromatic heterocycles. The van der Waals surface area contributed by atoms with Gasteiger partial charge in [-0.2, -0.15) is 0 Å². The van der Waals surface area contributed by atoms with E-state index in [1.807, 2.05) is 41.8 Å². The van der Waals surface area contributed by atoms with Gasteiger partial charge >= 0.3 is 0 Å². The third kappa shape index (κ3) is 4.90. The van der Waals surface area contributed by atoms with Gasteiger partial charge in [0.2, 0.25) is 11.8 Å². The Balaban J connectivity index is 1.53. The van der Waals surface area contributed by atoms with E-state index in [9.17, 15) is 9.59 Å². The first-order chi connectivity index (χ1) is 17.1. The van der Waals surface area contributed by atoms with Crippen LogP contribution in [0.4, 0.5) is 5.69 Å². The van der Waals surface area contributed by atoms with Crippen LogP contribution >= 0.6 is 11.3 Å². The second-order valence-corrected chi connectivity index (χ2v) is 9.58. The summed E-state index contributed by atoms with van der Waals surface area (Å²) in [5.74, 6) is 0.240. The average molecular weight is 490 g/mol. The molecule has 0 saturated heterocycles. The number of anilines is 1. The number of methoxy groups -OCH3 is 1. The third-order valence-corrected chi connectivity index (χ3v) is 7.27. The maximum absolute atomic E-state index is 13.9. The van der Waals surface area contributed by atoms with Gasteiger partial charge in [0.25, 0.3) is 0 Å². The second-order valence-electron chi connectivity index (χ2n) is 8.61. The fourth-order valence-electron chi connectivity index (χ4n) is 4.59. The lowest BCUT2D eigenvalue weighted by Crippen LogP contribution is -2.47. The molecule has 4 aromatic rings. The largest absolute Gasteiger partial charge is 0.497 e. The number of para-hydroxylation sites is 1.